The van der Waals surface area contributed by atoms with Gasteiger partial charge in [0.25, 0.3) is 0 Å². The maximum absolute atomic E-state index is 10.0. The molecule has 2 N–H and O–H groups in total. The van der Waals surface area contributed by atoms with Gasteiger partial charge in [0.15, 0.2) is 0 Å². The highest BCUT2D eigenvalue weighted by molar-refractivity contribution is 5.63. The Morgan fingerprint density at radius 2 is 2.31 bits per heavy atom. The zero-order valence-electron chi connectivity index (χ0n) is 7.53. The molecule has 0 atom stereocenters. The van der Waals surface area contributed by atoms with Crippen molar-refractivity contribution < 1.29 is 4.79 Å². The zero-order chi connectivity index (χ0) is 9.68. The number of aryl methyl sites for hydroxylation is 1. The van der Waals surface area contributed by atoms with Crippen LogP contribution < -0.4 is 5.73 Å². The zero-order valence-corrected chi connectivity index (χ0v) is 7.53. The molecular weight excluding hydrogens is 164 g/mol. The highest BCUT2D eigenvalue weighted by Gasteiger charge is 1.95. The number of nitrogens with two attached hydrogens (primary N) is 1. The molecule has 0 spiro atoms. The van der Waals surface area contributed by atoms with Crippen LogP contribution >= 0.6 is 0 Å². The maximum Gasteiger partial charge on any atom is 0.123 e. The average Bonchev–Trinajstić information content (AvgIpc) is 2.11. The number of carbonyl (C=O) groups is 1. The van der Waals surface area contributed by atoms with Gasteiger partial charge in [-0.05, 0) is 25.1 Å². The van der Waals surface area contributed by atoms with Crippen molar-refractivity contribution in [1.82, 2.24) is 4.98 Å². The third-order valence-corrected chi connectivity index (χ3v) is 1.60. The predicted molar refractivity (Wildman–Crippen MR) is 53.1 cm³/mol. The number of allylic oxidation sites excluding steroid dienone is 1. The highest BCUT2D eigenvalue weighted by atomic mass is 16.1. The van der Waals surface area contributed by atoms with Crippen molar-refractivity contribution in [3.8, 4) is 0 Å². The number of nitrogen functional groups attached to an aromatic ring is 1. The Kier molecular flexibility index (Phi) is 3.20. The second-order valence-corrected chi connectivity index (χ2v) is 2.73. The maximum atomic E-state index is 10.0. The molecule has 1 aromatic rings. The molecule has 0 bridgehead atoms. The Bertz CT molecular complexity index is 332. The molecule has 68 valence electrons. The van der Waals surface area contributed by atoms with Crippen LogP contribution in [0.5, 0.6) is 0 Å². The summed E-state index contributed by atoms with van der Waals surface area (Å²) in [5.74, 6) is 0. The molecule has 0 amide bonds. The molecule has 1 rings (SSSR count). The van der Waals surface area contributed by atoms with E-state index in [-0.39, 0.29) is 0 Å². The molecule has 0 fully saturated rings. The normalized spacial score (nSPS) is 10.5. The molecule has 0 aliphatic rings. The lowest BCUT2D eigenvalue weighted by Crippen LogP contribution is -1.93. The first-order valence-corrected chi connectivity index (χ1v) is 4.07. The summed E-state index contributed by atoms with van der Waals surface area (Å²) in [5, 5.41) is 0. The molecular formula is C10H12N2O. The molecule has 13 heavy (non-hydrogen) atoms. The van der Waals surface area contributed by atoms with Crippen LogP contribution in [-0.4, -0.2) is 11.3 Å². The number of carbonyl (C=O) groups excluding carboxylic acids is 1. The quantitative estimate of drug-likeness (QED) is 0.711. The van der Waals surface area contributed by atoms with Crippen LogP contribution in [0.3, 0.4) is 0 Å². The minimum absolute atomic E-state index is 0.398. The summed E-state index contributed by atoms with van der Waals surface area (Å²) in [6.07, 6.45) is 4.74. The smallest absolute Gasteiger partial charge is 0.123 e. The molecule has 0 aliphatic heterocycles. The predicted octanol–water partition coefficient (Wildman–Crippen LogP) is 1.57. The fraction of sp³-hybridized carbons (Fsp3) is 0.200. The number of hydrogen-bond donors (Lipinski definition) is 1. The Balaban J connectivity index is 2.86. The second-order valence-electron chi connectivity index (χ2n) is 2.73. The summed E-state index contributed by atoms with van der Waals surface area (Å²) in [6, 6.07) is 3.66. The summed E-state index contributed by atoms with van der Waals surface area (Å²) in [5.41, 5.74) is 7.94. The van der Waals surface area contributed by atoms with E-state index in [2.05, 4.69) is 4.98 Å². The van der Waals surface area contributed by atoms with Gasteiger partial charge in [0.1, 0.15) is 6.29 Å². The van der Waals surface area contributed by atoms with Gasteiger partial charge in [0, 0.05) is 12.1 Å². The molecule has 3 nitrogen and oxygen atoms in total. The Labute approximate surface area is 77.3 Å². The number of aromatic nitrogens is 1. The van der Waals surface area contributed by atoms with E-state index in [1.807, 2.05) is 19.1 Å². The van der Waals surface area contributed by atoms with E-state index in [0.29, 0.717) is 12.1 Å². The first-order chi connectivity index (χ1) is 6.24. The van der Waals surface area contributed by atoms with Gasteiger partial charge in [-0.15, -0.1) is 0 Å². The van der Waals surface area contributed by atoms with Crippen LogP contribution in [0, 0.1) is 6.92 Å². The second kappa shape index (κ2) is 4.40. The average molecular weight is 176 g/mol. The lowest BCUT2D eigenvalue weighted by molar-refractivity contribution is -0.107. The third kappa shape index (κ3) is 2.71. The molecule has 0 saturated carbocycles. The molecule has 0 aliphatic carbocycles. The number of aldehydes is 1. The summed E-state index contributed by atoms with van der Waals surface area (Å²) in [4.78, 5) is 14.3. The van der Waals surface area contributed by atoms with Gasteiger partial charge in [-0.1, -0.05) is 6.08 Å². The molecule has 0 saturated heterocycles. The topological polar surface area (TPSA) is 56.0 Å². The highest BCUT2D eigenvalue weighted by Crippen LogP contribution is 2.11. The van der Waals surface area contributed by atoms with Gasteiger partial charge >= 0.3 is 0 Å². The van der Waals surface area contributed by atoms with Crippen LogP contribution in [0.4, 0.5) is 5.69 Å². The van der Waals surface area contributed by atoms with Gasteiger partial charge in [-0.3, -0.25) is 4.98 Å². The molecule has 1 aromatic heterocycles. The van der Waals surface area contributed by atoms with E-state index in [4.69, 9.17) is 5.73 Å². The van der Waals surface area contributed by atoms with E-state index < -0.39 is 0 Å². The van der Waals surface area contributed by atoms with Crippen molar-refractivity contribution in [2.75, 3.05) is 5.73 Å². The fourth-order valence-corrected chi connectivity index (χ4v) is 0.956. The van der Waals surface area contributed by atoms with Crippen LogP contribution in [0.15, 0.2) is 18.2 Å². The molecule has 0 radical (unpaired) electrons. The van der Waals surface area contributed by atoms with Gasteiger partial charge < -0.3 is 10.5 Å². The molecule has 0 aromatic carbocycles. The minimum Gasteiger partial charge on any atom is -0.397 e. The third-order valence-electron chi connectivity index (χ3n) is 1.60. The first kappa shape index (κ1) is 9.45. The van der Waals surface area contributed by atoms with Crippen LogP contribution in [0.2, 0.25) is 0 Å². The lowest BCUT2D eigenvalue weighted by Gasteiger charge is -1.99. The van der Waals surface area contributed by atoms with Gasteiger partial charge in [-0.2, -0.15) is 0 Å². The van der Waals surface area contributed by atoms with Crippen LogP contribution in [0.1, 0.15) is 17.8 Å². The van der Waals surface area contributed by atoms with Gasteiger partial charge in [0.2, 0.25) is 0 Å². The van der Waals surface area contributed by atoms with Gasteiger partial charge in [-0.25, -0.2) is 0 Å². The van der Waals surface area contributed by atoms with Crippen LogP contribution in [-0.2, 0) is 4.79 Å². The van der Waals surface area contributed by atoms with Crippen molar-refractivity contribution in [3.05, 3.63) is 29.6 Å². The van der Waals surface area contributed by atoms with Crippen LogP contribution in [0.25, 0.3) is 6.08 Å². The Hall–Kier alpha value is -1.64. The largest absolute Gasteiger partial charge is 0.397 e. The number of nitrogens with zero attached hydrogens (tertiary/aromatic N) is 1. The lowest BCUT2D eigenvalue weighted by atomic mass is 10.2. The number of hydrogen-bond acceptors (Lipinski definition) is 3. The standard InChI is InChI=1S/C10H12N2O/c1-8-5-6-9(11)10(12-8)4-2-3-7-13/h2,4-7H,3,11H2,1H3. The summed E-state index contributed by atoms with van der Waals surface area (Å²) >= 11 is 0. The fourth-order valence-electron chi connectivity index (χ4n) is 0.956. The first-order valence-electron chi connectivity index (χ1n) is 4.07. The Morgan fingerprint density at radius 3 is 3.00 bits per heavy atom. The van der Waals surface area contributed by atoms with Crippen molar-refractivity contribution in [3.63, 3.8) is 0 Å². The summed E-state index contributed by atoms with van der Waals surface area (Å²) in [7, 11) is 0. The monoisotopic (exact) mass is 176 g/mol. The van der Waals surface area contributed by atoms with Crippen molar-refractivity contribution in [2.24, 2.45) is 0 Å². The van der Waals surface area contributed by atoms with Crippen molar-refractivity contribution >= 4 is 18.0 Å². The van der Waals surface area contributed by atoms with E-state index in [1.165, 1.54) is 0 Å². The molecule has 0 unspecified atom stereocenters. The number of rotatable bonds is 3. The molecule has 1 heterocycles. The molecule has 3 heteroatoms. The summed E-state index contributed by atoms with van der Waals surface area (Å²) < 4.78 is 0. The van der Waals surface area contributed by atoms with E-state index in [1.54, 1.807) is 12.2 Å². The number of anilines is 1. The number of pyridine rings is 1. The van der Waals surface area contributed by atoms with E-state index in [9.17, 15) is 4.79 Å². The van der Waals surface area contributed by atoms with E-state index >= 15 is 0 Å². The Morgan fingerprint density at radius 1 is 1.54 bits per heavy atom. The van der Waals surface area contributed by atoms with Gasteiger partial charge in [0.05, 0.1) is 11.4 Å². The SMILES string of the molecule is Cc1ccc(N)c(C=CCC=O)n1. The minimum atomic E-state index is 0.398. The van der Waals surface area contributed by atoms with E-state index in [0.717, 1.165) is 17.7 Å². The summed E-state index contributed by atoms with van der Waals surface area (Å²) in [6.45, 7) is 1.90. The van der Waals surface area contributed by atoms with Crippen molar-refractivity contribution in [2.45, 2.75) is 13.3 Å². The van der Waals surface area contributed by atoms with Crippen molar-refractivity contribution in [1.29, 1.82) is 0 Å².